The van der Waals surface area contributed by atoms with Gasteiger partial charge >= 0.3 is 0 Å². The van der Waals surface area contributed by atoms with Gasteiger partial charge in [0.15, 0.2) is 0 Å². The number of allylic oxidation sites excluding steroid dienone is 3. The highest BCUT2D eigenvalue weighted by atomic mass is 32.2. The lowest BCUT2D eigenvalue weighted by Crippen LogP contribution is -2.10. The largest absolute Gasteiger partial charge is 0.131 e. The highest BCUT2D eigenvalue weighted by molar-refractivity contribution is 8.03. The van der Waals surface area contributed by atoms with E-state index < -0.39 is 0 Å². The average Bonchev–Trinajstić information content (AvgIpc) is 2.26. The van der Waals surface area contributed by atoms with Crippen LogP contribution < -0.4 is 0 Å². The van der Waals surface area contributed by atoms with E-state index in [2.05, 4.69) is 34.3 Å². The van der Waals surface area contributed by atoms with Gasteiger partial charge in [-0.05, 0) is 42.3 Å². The summed E-state index contributed by atoms with van der Waals surface area (Å²) in [6, 6.07) is 0. The Morgan fingerprint density at radius 2 is 1.81 bits per heavy atom. The van der Waals surface area contributed by atoms with Crippen molar-refractivity contribution in [1.29, 1.82) is 0 Å². The van der Waals surface area contributed by atoms with Gasteiger partial charge in [-0.2, -0.15) is 0 Å². The van der Waals surface area contributed by atoms with Crippen LogP contribution in [-0.4, -0.2) is 5.75 Å². The summed E-state index contributed by atoms with van der Waals surface area (Å²) in [4.78, 5) is 1.57. The van der Waals surface area contributed by atoms with Crippen molar-refractivity contribution in [3.05, 3.63) is 22.6 Å². The first-order chi connectivity index (χ1) is 7.44. The summed E-state index contributed by atoms with van der Waals surface area (Å²) in [5, 5.41) is 0. The molecule has 0 aromatic heterocycles. The fraction of sp³-hybridized carbons (Fsp3) is 0.733. The molecule has 0 saturated heterocycles. The lowest BCUT2D eigenvalue weighted by Gasteiger charge is -2.23. The van der Waals surface area contributed by atoms with E-state index in [1.54, 1.807) is 10.5 Å². The molecule has 0 saturated carbocycles. The summed E-state index contributed by atoms with van der Waals surface area (Å²) in [7, 11) is 0. The summed E-state index contributed by atoms with van der Waals surface area (Å²) >= 11 is 2.00. The van der Waals surface area contributed by atoms with Crippen molar-refractivity contribution in [3.8, 4) is 0 Å². The predicted octanol–water partition coefficient (Wildman–Crippen LogP) is 5.81. The first kappa shape index (κ1) is 15.8. The van der Waals surface area contributed by atoms with Crippen LogP contribution in [0.3, 0.4) is 0 Å². The van der Waals surface area contributed by atoms with Crippen LogP contribution in [-0.2, 0) is 0 Å². The molecule has 0 nitrogen and oxygen atoms in total. The summed E-state index contributed by atoms with van der Waals surface area (Å²) in [5.41, 5.74) is 3.40. The molecule has 1 heteroatoms. The predicted molar refractivity (Wildman–Crippen MR) is 79.0 cm³/mol. The first-order valence-electron chi connectivity index (χ1n) is 6.42. The number of hydrogen-bond acceptors (Lipinski definition) is 1. The van der Waals surface area contributed by atoms with E-state index >= 15 is 0 Å². The lowest BCUT2D eigenvalue weighted by molar-refractivity contribution is 0.362. The molecule has 0 radical (unpaired) electrons. The van der Waals surface area contributed by atoms with Crippen LogP contribution in [0.15, 0.2) is 22.6 Å². The van der Waals surface area contributed by atoms with Gasteiger partial charge in [-0.3, -0.25) is 0 Å². The maximum Gasteiger partial charge on any atom is -0.00100 e. The lowest BCUT2D eigenvalue weighted by atomic mass is 9.82. The molecule has 0 aromatic rings. The quantitative estimate of drug-likeness (QED) is 0.549. The Morgan fingerprint density at radius 3 is 2.31 bits per heavy atom. The van der Waals surface area contributed by atoms with Gasteiger partial charge in [-0.1, -0.05) is 52.3 Å². The topological polar surface area (TPSA) is 0 Å². The average molecular weight is 240 g/mol. The molecular formula is C15H28S. The smallest absolute Gasteiger partial charge is 0.00100 e. The van der Waals surface area contributed by atoms with E-state index in [1.807, 2.05) is 25.6 Å². The van der Waals surface area contributed by atoms with Crippen molar-refractivity contribution in [2.24, 2.45) is 5.41 Å². The van der Waals surface area contributed by atoms with E-state index in [0.717, 1.165) is 6.42 Å². The first-order valence-corrected chi connectivity index (χ1v) is 7.41. The van der Waals surface area contributed by atoms with E-state index in [1.165, 1.54) is 24.2 Å². The van der Waals surface area contributed by atoms with Gasteiger partial charge in [-0.25, -0.2) is 0 Å². The fourth-order valence-electron chi connectivity index (χ4n) is 2.34. The van der Waals surface area contributed by atoms with Crippen LogP contribution in [0.1, 0.15) is 60.8 Å². The Morgan fingerprint density at radius 1 is 1.25 bits per heavy atom. The third-order valence-corrected chi connectivity index (χ3v) is 3.81. The maximum atomic E-state index is 4.19. The van der Waals surface area contributed by atoms with Crippen molar-refractivity contribution < 1.29 is 0 Å². The Hall–Kier alpha value is -0.170. The zero-order chi connectivity index (χ0) is 12.8. The molecule has 16 heavy (non-hydrogen) atoms. The zero-order valence-corrected chi connectivity index (χ0v) is 12.8. The summed E-state index contributed by atoms with van der Waals surface area (Å²) in [6.07, 6.45) is 3.53. The Labute approximate surface area is 107 Å². The van der Waals surface area contributed by atoms with Crippen LogP contribution in [0.2, 0.25) is 0 Å². The Bertz CT molecular complexity index is 259. The van der Waals surface area contributed by atoms with Crippen LogP contribution in [0.4, 0.5) is 0 Å². The van der Waals surface area contributed by atoms with Crippen LogP contribution in [0, 0.1) is 5.41 Å². The molecule has 0 fully saturated rings. The van der Waals surface area contributed by atoms with Gasteiger partial charge in [0, 0.05) is 0 Å². The molecule has 0 atom stereocenters. The molecule has 0 spiro atoms. The second kappa shape index (κ2) is 7.21. The summed E-state index contributed by atoms with van der Waals surface area (Å²) < 4.78 is 0. The molecule has 1 rings (SSSR count). The van der Waals surface area contributed by atoms with Gasteiger partial charge < -0.3 is 0 Å². The molecule has 0 amide bonds. The minimum atomic E-state index is 0.414. The number of rotatable bonds is 2. The van der Waals surface area contributed by atoms with Crippen LogP contribution >= 0.6 is 11.8 Å². The molecule has 1 aliphatic carbocycles. The van der Waals surface area contributed by atoms with Crippen molar-refractivity contribution in [2.45, 2.75) is 60.8 Å². The van der Waals surface area contributed by atoms with Gasteiger partial charge in [-0.15, -0.1) is 11.8 Å². The summed E-state index contributed by atoms with van der Waals surface area (Å²) in [6.45, 7) is 17.4. The molecule has 0 N–H and O–H groups in total. The Kier molecular flexibility index (Phi) is 7.14. The van der Waals surface area contributed by atoms with Gasteiger partial charge in [0.1, 0.15) is 0 Å². The SMILES string of the molecule is C=C1CC(SCC)=C(C)CC(C)(C)C1.CC. The highest BCUT2D eigenvalue weighted by Crippen LogP contribution is 2.41. The van der Waals surface area contributed by atoms with Crippen molar-refractivity contribution in [2.75, 3.05) is 5.75 Å². The minimum Gasteiger partial charge on any atom is -0.131 e. The Balaban J connectivity index is 0.00000106. The molecule has 0 bridgehead atoms. The third kappa shape index (κ3) is 5.25. The maximum absolute atomic E-state index is 4.19. The number of thioether (sulfide) groups is 1. The molecule has 1 aliphatic rings. The molecule has 94 valence electrons. The standard InChI is InChI=1S/C13H22S.C2H6/c1-6-14-12-7-10(2)8-13(4,5)9-11(12)3;1-2/h2,6-9H2,1,3-5H3;1-2H3. The van der Waals surface area contributed by atoms with Crippen LogP contribution in [0.5, 0.6) is 0 Å². The highest BCUT2D eigenvalue weighted by Gasteiger charge is 2.24. The van der Waals surface area contributed by atoms with Gasteiger partial charge in [0.2, 0.25) is 0 Å². The zero-order valence-electron chi connectivity index (χ0n) is 11.9. The molecule has 0 aromatic carbocycles. The van der Waals surface area contributed by atoms with E-state index in [-0.39, 0.29) is 0 Å². The second-order valence-electron chi connectivity index (χ2n) is 5.08. The monoisotopic (exact) mass is 240 g/mol. The molecule has 0 unspecified atom stereocenters. The number of hydrogen-bond donors (Lipinski definition) is 0. The third-order valence-electron chi connectivity index (χ3n) is 2.68. The van der Waals surface area contributed by atoms with Gasteiger partial charge in [0.05, 0.1) is 0 Å². The minimum absolute atomic E-state index is 0.414. The molecule has 0 aliphatic heterocycles. The van der Waals surface area contributed by atoms with Crippen molar-refractivity contribution >= 4 is 11.8 Å². The van der Waals surface area contributed by atoms with Crippen LogP contribution in [0.25, 0.3) is 0 Å². The fourth-order valence-corrected chi connectivity index (χ4v) is 3.32. The van der Waals surface area contributed by atoms with Crippen molar-refractivity contribution in [1.82, 2.24) is 0 Å². The molecule has 0 heterocycles. The van der Waals surface area contributed by atoms with E-state index in [9.17, 15) is 0 Å². The second-order valence-corrected chi connectivity index (χ2v) is 6.44. The normalized spacial score (nSPS) is 20.0. The molecular weight excluding hydrogens is 212 g/mol. The van der Waals surface area contributed by atoms with Crippen molar-refractivity contribution in [3.63, 3.8) is 0 Å². The van der Waals surface area contributed by atoms with E-state index in [0.29, 0.717) is 5.41 Å². The van der Waals surface area contributed by atoms with Gasteiger partial charge in [0.25, 0.3) is 0 Å². The van der Waals surface area contributed by atoms with E-state index in [4.69, 9.17) is 0 Å². The summed E-state index contributed by atoms with van der Waals surface area (Å²) in [5.74, 6) is 1.18.